The fourth-order valence-electron chi connectivity index (χ4n) is 0.951. The normalized spacial score (nSPS) is 14.4. The Kier molecular flexibility index (Phi) is 3.41. The number of benzene rings is 1. The van der Waals surface area contributed by atoms with Crippen LogP contribution in [0.15, 0.2) is 30.3 Å². The maximum absolute atomic E-state index is 10.9. The third-order valence-corrected chi connectivity index (χ3v) is 2.44. The van der Waals surface area contributed by atoms with Gasteiger partial charge in [-0.05, 0) is 12.1 Å². The maximum Gasteiger partial charge on any atom is 0.358 e. The summed E-state index contributed by atoms with van der Waals surface area (Å²) in [6.45, 7) is 1.71. The zero-order valence-electron chi connectivity index (χ0n) is 7.80. The van der Waals surface area contributed by atoms with Gasteiger partial charge in [0.05, 0.1) is 0 Å². The number of para-hydroxylation sites is 1. The Balaban J connectivity index is 2.81. The van der Waals surface area contributed by atoms with Crippen LogP contribution in [0, 0.1) is 0 Å². The van der Waals surface area contributed by atoms with Crippen molar-refractivity contribution >= 4 is 18.6 Å². The molecule has 0 saturated carbocycles. The first-order chi connectivity index (χ1) is 6.58. The van der Waals surface area contributed by atoms with Gasteiger partial charge in [-0.25, -0.2) is 4.79 Å². The van der Waals surface area contributed by atoms with Crippen LogP contribution in [0.3, 0.4) is 0 Å². The molecule has 3 nitrogen and oxygen atoms in total. The number of rotatable bonds is 4. The zero-order valence-corrected chi connectivity index (χ0v) is 8.70. The summed E-state index contributed by atoms with van der Waals surface area (Å²) >= 11 is 4.00. The van der Waals surface area contributed by atoms with Crippen molar-refractivity contribution in [1.29, 1.82) is 0 Å². The second kappa shape index (κ2) is 4.37. The van der Waals surface area contributed by atoms with Crippen molar-refractivity contribution in [3.63, 3.8) is 0 Å². The summed E-state index contributed by atoms with van der Waals surface area (Å²) < 4.78 is 5.28. The van der Waals surface area contributed by atoms with E-state index < -0.39 is 10.9 Å². The van der Waals surface area contributed by atoms with Crippen molar-refractivity contribution in [2.45, 2.75) is 18.3 Å². The molecule has 0 bridgehead atoms. The van der Waals surface area contributed by atoms with Crippen molar-refractivity contribution in [3.05, 3.63) is 30.3 Å². The molecule has 0 aliphatic heterocycles. The molecule has 0 heterocycles. The standard InChI is InChI=1S/C10H12O3S/c1-2-10(14,9(11)12)13-8-6-4-3-5-7-8/h3-7,14H,2H2,1H3,(H,11,12). The second-order valence-electron chi connectivity index (χ2n) is 2.86. The third kappa shape index (κ3) is 2.42. The molecule has 1 atom stereocenters. The fraction of sp³-hybridized carbons (Fsp3) is 0.300. The van der Waals surface area contributed by atoms with Gasteiger partial charge in [0, 0.05) is 6.42 Å². The predicted octanol–water partition coefficient (Wildman–Crippen LogP) is 2.19. The van der Waals surface area contributed by atoms with E-state index in [9.17, 15) is 4.79 Å². The molecule has 76 valence electrons. The molecule has 1 aromatic rings. The predicted molar refractivity (Wildman–Crippen MR) is 56.7 cm³/mol. The van der Waals surface area contributed by atoms with E-state index in [0.29, 0.717) is 12.2 Å². The van der Waals surface area contributed by atoms with Gasteiger partial charge in [-0.3, -0.25) is 0 Å². The van der Waals surface area contributed by atoms with Gasteiger partial charge < -0.3 is 9.84 Å². The number of aliphatic carboxylic acids is 1. The van der Waals surface area contributed by atoms with E-state index >= 15 is 0 Å². The van der Waals surface area contributed by atoms with Gasteiger partial charge in [0.15, 0.2) is 0 Å². The first-order valence-electron chi connectivity index (χ1n) is 4.28. The minimum atomic E-state index is -1.44. The van der Waals surface area contributed by atoms with Crippen LogP contribution in [-0.4, -0.2) is 16.0 Å². The lowest BCUT2D eigenvalue weighted by atomic mass is 10.2. The topological polar surface area (TPSA) is 46.5 Å². The van der Waals surface area contributed by atoms with Gasteiger partial charge in [0.1, 0.15) is 5.75 Å². The van der Waals surface area contributed by atoms with Crippen molar-refractivity contribution in [3.8, 4) is 5.75 Å². The highest BCUT2D eigenvalue weighted by Gasteiger charge is 2.34. The first kappa shape index (κ1) is 10.9. The molecule has 4 heteroatoms. The largest absolute Gasteiger partial charge is 0.478 e. The van der Waals surface area contributed by atoms with Crippen LogP contribution >= 0.6 is 12.6 Å². The van der Waals surface area contributed by atoms with Crippen LogP contribution in [0.4, 0.5) is 0 Å². The number of carbonyl (C=O) groups is 1. The molecule has 0 aliphatic carbocycles. The summed E-state index contributed by atoms with van der Waals surface area (Å²) in [5.41, 5.74) is 0. The van der Waals surface area contributed by atoms with Crippen LogP contribution in [0.1, 0.15) is 13.3 Å². The molecular formula is C10H12O3S. The van der Waals surface area contributed by atoms with Gasteiger partial charge in [0.2, 0.25) is 4.93 Å². The molecule has 14 heavy (non-hydrogen) atoms. The molecule has 1 N–H and O–H groups in total. The smallest absolute Gasteiger partial charge is 0.358 e. The number of carboxylic acid groups (broad SMARTS) is 1. The zero-order chi connectivity index (χ0) is 10.6. The molecule has 1 rings (SSSR count). The molecule has 0 spiro atoms. The van der Waals surface area contributed by atoms with Crippen molar-refractivity contribution in [1.82, 2.24) is 0 Å². The average Bonchev–Trinajstić information content (AvgIpc) is 2.19. The van der Waals surface area contributed by atoms with E-state index in [1.54, 1.807) is 31.2 Å². The summed E-state index contributed by atoms with van der Waals surface area (Å²) in [6.07, 6.45) is 0.292. The summed E-state index contributed by atoms with van der Waals surface area (Å²) in [5.74, 6) is -0.570. The highest BCUT2D eigenvalue weighted by atomic mass is 32.1. The number of ether oxygens (including phenoxy) is 1. The van der Waals surface area contributed by atoms with Crippen LogP contribution < -0.4 is 4.74 Å². The lowest BCUT2D eigenvalue weighted by Crippen LogP contribution is -2.38. The van der Waals surface area contributed by atoms with Crippen molar-refractivity contribution in [2.75, 3.05) is 0 Å². The third-order valence-electron chi connectivity index (χ3n) is 1.84. The summed E-state index contributed by atoms with van der Waals surface area (Å²) in [6, 6.07) is 8.79. The lowest BCUT2D eigenvalue weighted by molar-refractivity contribution is -0.147. The van der Waals surface area contributed by atoms with E-state index in [1.165, 1.54) is 0 Å². The van der Waals surface area contributed by atoms with Crippen molar-refractivity contribution < 1.29 is 14.6 Å². The van der Waals surface area contributed by atoms with E-state index in [-0.39, 0.29) is 0 Å². The Hall–Kier alpha value is -1.16. The minimum absolute atomic E-state index is 0.292. The SMILES string of the molecule is CCC(S)(Oc1ccccc1)C(=O)O. The number of thiol groups is 1. The second-order valence-corrected chi connectivity index (χ2v) is 3.58. The van der Waals surface area contributed by atoms with E-state index in [1.807, 2.05) is 6.07 Å². The van der Waals surface area contributed by atoms with Crippen LogP contribution in [-0.2, 0) is 4.79 Å². The minimum Gasteiger partial charge on any atom is -0.478 e. The molecule has 0 aromatic heterocycles. The van der Waals surface area contributed by atoms with Gasteiger partial charge >= 0.3 is 5.97 Å². The molecule has 0 saturated heterocycles. The Morgan fingerprint density at radius 3 is 2.50 bits per heavy atom. The Bertz CT molecular complexity index is 312. The summed E-state index contributed by atoms with van der Waals surface area (Å²) in [4.78, 5) is 9.41. The first-order valence-corrected chi connectivity index (χ1v) is 4.73. The lowest BCUT2D eigenvalue weighted by Gasteiger charge is -2.23. The molecule has 0 fully saturated rings. The molecular weight excluding hydrogens is 200 g/mol. The maximum atomic E-state index is 10.9. The van der Waals surface area contributed by atoms with E-state index in [0.717, 1.165) is 0 Å². The molecule has 0 aliphatic rings. The van der Waals surface area contributed by atoms with Crippen LogP contribution in [0.25, 0.3) is 0 Å². The quantitative estimate of drug-likeness (QED) is 0.594. The summed E-state index contributed by atoms with van der Waals surface area (Å²) in [5, 5.41) is 8.89. The van der Waals surface area contributed by atoms with Crippen LogP contribution in [0.2, 0.25) is 0 Å². The van der Waals surface area contributed by atoms with Gasteiger partial charge in [-0.15, -0.1) is 12.6 Å². The highest BCUT2D eigenvalue weighted by molar-refractivity contribution is 7.82. The molecule has 1 aromatic carbocycles. The monoisotopic (exact) mass is 212 g/mol. The fourth-order valence-corrected chi connectivity index (χ4v) is 1.06. The molecule has 0 radical (unpaired) electrons. The summed E-state index contributed by atoms with van der Waals surface area (Å²) in [7, 11) is 0. The highest BCUT2D eigenvalue weighted by Crippen LogP contribution is 2.24. The molecule has 0 amide bonds. The van der Waals surface area contributed by atoms with E-state index in [4.69, 9.17) is 9.84 Å². The van der Waals surface area contributed by atoms with Crippen molar-refractivity contribution in [2.24, 2.45) is 0 Å². The number of hydrogen-bond acceptors (Lipinski definition) is 3. The number of hydrogen-bond donors (Lipinski definition) is 2. The van der Waals surface area contributed by atoms with Crippen LogP contribution in [0.5, 0.6) is 5.75 Å². The van der Waals surface area contributed by atoms with Gasteiger partial charge in [0.25, 0.3) is 0 Å². The molecule has 1 unspecified atom stereocenters. The Morgan fingerprint density at radius 2 is 2.07 bits per heavy atom. The Labute approximate surface area is 88.1 Å². The van der Waals surface area contributed by atoms with Gasteiger partial charge in [-0.2, -0.15) is 0 Å². The average molecular weight is 212 g/mol. The number of carboxylic acids is 1. The van der Waals surface area contributed by atoms with E-state index in [2.05, 4.69) is 12.6 Å². The Morgan fingerprint density at radius 1 is 1.50 bits per heavy atom. The van der Waals surface area contributed by atoms with Gasteiger partial charge in [-0.1, -0.05) is 25.1 Å².